The minimum absolute atomic E-state index is 0.0203. The van der Waals surface area contributed by atoms with Gasteiger partial charge in [-0.15, -0.1) is 0 Å². The summed E-state index contributed by atoms with van der Waals surface area (Å²) in [4.78, 5) is 49.3. The van der Waals surface area contributed by atoms with Crippen molar-refractivity contribution in [3.8, 4) is 11.1 Å². The van der Waals surface area contributed by atoms with Gasteiger partial charge < -0.3 is 41.4 Å². The Bertz CT molecular complexity index is 1720. The molecule has 12 nitrogen and oxygen atoms in total. The molecular formula is C42H60F2N6O6. The molecule has 4 amide bonds. The number of aliphatic hydroxyl groups excluding tert-OH is 1. The van der Waals surface area contributed by atoms with Crippen LogP contribution >= 0.6 is 0 Å². The molecule has 3 unspecified atom stereocenters. The average molecular weight is 783 g/mol. The van der Waals surface area contributed by atoms with Crippen LogP contribution in [0.15, 0.2) is 60.8 Å². The van der Waals surface area contributed by atoms with E-state index in [1.54, 1.807) is 19.4 Å². The first-order valence-corrected chi connectivity index (χ1v) is 19.3. The fourth-order valence-electron chi connectivity index (χ4n) is 6.91. The maximum Gasteiger partial charge on any atom is 0.248 e. The first kappa shape index (κ1) is 45.7. The lowest BCUT2D eigenvalue weighted by Crippen LogP contribution is -2.46. The number of carbonyl (C=O) groups excluding carboxylic acids is 4. The summed E-state index contributed by atoms with van der Waals surface area (Å²) in [5.41, 5.74) is 12.8. The lowest BCUT2D eigenvalue weighted by molar-refractivity contribution is -0.140. The molecule has 56 heavy (non-hydrogen) atoms. The molecule has 3 atom stereocenters. The molecule has 0 saturated heterocycles. The zero-order chi connectivity index (χ0) is 41.4. The minimum atomic E-state index is -0.970. The molecule has 1 fully saturated rings. The third-order valence-corrected chi connectivity index (χ3v) is 9.95. The van der Waals surface area contributed by atoms with E-state index in [2.05, 4.69) is 10.6 Å². The SMILES string of the molecule is CC(C)(C)C(c1cc(-c2cc(F)ccc2F)cn1Cc1ccccc1)N(CCC(N)C(N)=O)C(=O)CO.CCC(CC(=O)NCCNC(=O)C1CCCC1)OC. The second kappa shape index (κ2) is 22.2. The molecular weight excluding hydrogens is 722 g/mol. The molecule has 1 aliphatic carbocycles. The largest absolute Gasteiger partial charge is 0.387 e. The Balaban J connectivity index is 0.000000372. The molecule has 1 aliphatic rings. The topological polar surface area (TPSA) is 182 Å². The lowest BCUT2D eigenvalue weighted by Gasteiger charge is -2.41. The number of halogens is 2. The number of nitrogens with one attached hydrogen (secondary N) is 2. The summed E-state index contributed by atoms with van der Waals surface area (Å²) in [6, 6.07) is 13.0. The van der Waals surface area contributed by atoms with Gasteiger partial charge in [-0.05, 0) is 60.9 Å². The molecule has 4 rings (SSSR count). The van der Waals surface area contributed by atoms with Gasteiger partial charge in [-0.3, -0.25) is 19.2 Å². The number of aromatic nitrogens is 1. The molecule has 2 aromatic carbocycles. The van der Waals surface area contributed by atoms with Gasteiger partial charge in [-0.2, -0.15) is 0 Å². The van der Waals surface area contributed by atoms with E-state index in [1.807, 2.05) is 62.6 Å². The quantitative estimate of drug-likeness (QED) is 0.115. The number of carbonyl (C=O) groups is 4. The summed E-state index contributed by atoms with van der Waals surface area (Å²) >= 11 is 0. The molecule has 3 aromatic rings. The normalized spacial score (nSPS) is 14.6. The fraction of sp³-hybridized carbons (Fsp3) is 0.524. The van der Waals surface area contributed by atoms with E-state index in [0.717, 1.165) is 55.9 Å². The molecule has 0 spiro atoms. The predicted octanol–water partition coefficient (Wildman–Crippen LogP) is 4.82. The number of benzene rings is 2. The van der Waals surface area contributed by atoms with Gasteiger partial charge in [0, 0.05) is 62.2 Å². The van der Waals surface area contributed by atoms with Gasteiger partial charge in [0.1, 0.15) is 18.2 Å². The van der Waals surface area contributed by atoms with Gasteiger partial charge in [-0.25, -0.2) is 8.78 Å². The van der Waals surface area contributed by atoms with Crippen LogP contribution in [0.4, 0.5) is 8.78 Å². The van der Waals surface area contributed by atoms with Crippen molar-refractivity contribution in [2.24, 2.45) is 22.8 Å². The van der Waals surface area contributed by atoms with Gasteiger partial charge in [0.2, 0.25) is 23.6 Å². The molecule has 0 bridgehead atoms. The molecule has 308 valence electrons. The average Bonchev–Trinajstić information content (AvgIpc) is 3.86. The van der Waals surface area contributed by atoms with E-state index in [1.165, 1.54) is 4.90 Å². The van der Waals surface area contributed by atoms with Crippen molar-refractivity contribution in [3.05, 3.63) is 83.7 Å². The monoisotopic (exact) mass is 782 g/mol. The summed E-state index contributed by atoms with van der Waals surface area (Å²) in [5, 5.41) is 15.5. The third kappa shape index (κ3) is 13.8. The Kier molecular flexibility index (Phi) is 18.1. The lowest BCUT2D eigenvalue weighted by atomic mass is 9.82. The van der Waals surface area contributed by atoms with E-state index < -0.39 is 47.6 Å². The number of nitrogens with zero attached hydrogens (tertiary/aromatic N) is 2. The van der Waals surface area contributed by atoms with Crippen molar-refractivity contribution in [2.75, 3.05) is 33.4 Å². The molecule has 7 N–H and O–H groups in total. The first-order valence-electron chi connectivity index (χ1n) is 19.3. The molecule has 14 heteroatoms. The highest BCUT2D eigenvalue weighted by Crippen LogP contribution is 2.41. The van der Waals surface area contributed by atoms with Crippen molar-refractivity contribution < 1.29 is 37.8 Å². The van der Waals surface area contributed by atoms with Gasteiger partial charge in [0.15, 0.2) is 0 Å². The Hall–Kier alpha value is -4.66. The second-order valence-corrected chi connectivity index (χ2v) is 15.3. The number of aliphatic hydroxyl groups is 1. The van der Waals surface area contributed by atoms with Crippen molar-refractivity contribution in [1.29, 1.82) is 0 Å². The van der Waals surface area contributed by atoms with Crippen LogP contribution in [0.1, 0.15) is 89.9 Å². The van der Waals surface area contributed by atoms with E-state index in [9.17, 15) is 33.1 Å². The van der Waals surface area contributed by atoms with Crippen molar-refractivity contribution >= 4 is 23.6 Å². The van der Waals surface area contributed by atoms with Gasteiger partial charge in [-0.1, -0.05) is 70.9 Å². The summed E-state index contributed by atoms with van der Waals surface area (Å²) in [7, 11) is 1.61. The molecule has 1 saturated carbocycles. The van der Waals surface area contributed by atoms with E-state index >= 15 is 0 Å². The number of hydrogen-bond acceptors (Lipinski definition) is 7. The standard InChI is InChI=1S/C28H34F2N4O3.C14H26N2O3/c1-28(2,3)26(34(25(36)17-35)12-11-23(31)27(32)37)24-13-19(21-14-20(29)9-10-22(21)30)16-33(24)15-18-7-5-4-6-8-18;1-3-12(19-2)10-13(17)15-8-9-16-14(18)11-6-4-5-7-11/h4-10,13-14,16,23,26,35H,11-12,15,17,31H2,1-3H3,(H2,32,37);11-12H,3-10H2,1-2H3,(H,15,17)(H,16,18). The zero-order valence-electron chi connectivity index (χ0n) is 33.4. The van der Waals surface area contributed by atoms with Crippen LogP contribution in [0.25, 0.3) is 11.1 Å². The summed E-state index contributed by atoms with van der Waals surface area (Å²) in [5.74, 6) is -2.10. The van der Waals surface area contributed by atoms with Crippen LogP contribution in [0, 0.1) is 23.0 Å². The highest BCUT2D eigenvalue weighted by atomic mass is 19.1. The zero-order valence-corrected chi connectivity index (χ0v) is 33.4. The molecule has 0 radical (unpaired) electrons. The van der Waals surface area contributed by atoms with Crippen molar-refractivity contribution in [1.82, 2.24) is 20.1 Å². The Labute approximate surface area is 329 Å². The van der Waals surface area contributed by atoms with Gasteiger partial charge >= 0.3 is 0 Å². The van der Waals surface area contributed by atoms with Crippen LogP contribution in [-0.4, -0.2) is 83.7 Å². The van der Waals surface area contributed by atoms with Crippen LogP contribution in [0.2, 0.25) is 0 Å². The Morgan fingerprint density at radius 1 is 1.02 bits per heavy atom. The molecule has 1 aromatic heterocycles. The van der Waals surface area contributed by atoms with Gasteiger partial charge in [0.25, 0.3) is 0 Å². The minimum Gasteiger partial charge on any atom is -0.387 e. The number of amides is 4. The fourth-order valence-corrected chi connectivity index (χ4v) is 6.91. The highest BCUT2D eigenvalue weighted by molar-refractivity contribution is 5.80. The van der Waals surface area contributed by atoms with Crippen LogP contribution in [0.5, 0.6) is 0 Å². The number of methoxy groups -OCH3 is 1. The maximum atomic E-state index is 14.8. The van der Waals surface area contributed by atoms with Gasteiger partial charge in [0.05, 0.1) is 24.6 Å². The predicted molar refractivity (Wildman–Crippen MR) is 212 cm³/mol. The van der Waals surface area contributed by atoms with Crippen LogP contribution in [0.3, 0.4) is 0 Å². The Morgan fingerprint density at radius 2 is 1.68 bits per heavy atom. The van der Waals surface area contributed by atoms with E-state index in [4.69, 9.17) is 16.2 Å². The second-order valence-electron chi connectivity index (χ2n) is 15.3. The van der Waals surface area contributed by atoms with E-state index in [0.29, 0.717) is 37.3 Å². The first-order chi connectivity index (χ1) is 26.6. The summed E-state index contributed by atoms with van der Waals surface area (Å²) < 4.78 is 35.9. The van der Waals surface area contributed by atoms with Crippen LogP contribution in [-0.2, 0) is 30.5 Å². The number of hydrogen-bond donors (Lipinski definition) is 5. The van der Waals surface area contributed by atoms with Crippen molar-refractivity contribution in [3.63, 3.8) is 0 Å². The Morgan fingerprint density at radius 3 is 2.27 bits per heavy atom. The summed E-state index contributed by atoms with van der Waals surface area (Å²) in [6.45, 7) is 8.50. The smallest absolute Gasteiger partial charge is 0.248 e. The van der Waals surface area contributed by atoms with Crippen LogP contribution < -0.4 is 22.1 Å². The maximum absolute atomic E-state index is 14.8. The number of nitrogens with two attached hydrogens (primary N) is 2. The molecule has 1 heterocycles. The highest BCUT2D eigenvalue weighted by Gasteiger charge is 2.37. The number of primary amides is 1. The summed E-state index contributed by atoms with van der Waals surface area (Å²) in [6.07, 6.45) is 7.33. The number of rotatable bonds is 18. The number of ether oxygens (including phenoxy) is 1. The molecule has 0 aliphatic heterocycles. The van der Waals surface area contributed by atoms with Crippen molar-refractivity contribution in [2.45, 2.75) is 97.4 Å². The third-order valence-electron chi connectivity index (χ3n) is 9.95. The van der Waals surface area contributed by atoms with E-state index in [-0.39, 0.29) is 42.4 Å².